The first-order valence-electron chi connectivity index (χ1n) is 4.52. The van der Waals surface area contributed by atoms with Gasteiger partial charge in [0.15, 0.2) is 0 Å². The number of nitro benzene ring substituents is 1. The maximum absolute atomic E-state index is 10.8. The van der Waals surface area contributed by atoms with Crippen molar-refractivity contribution in [2.45, 2.75) is 19.9 Å². The third kappa shape index (κ3) is 3.05. The number of nitro groups is 1. The summed E-state index contributed by atoms with van der Waals surface area (Å²) in [5, 5.41) is 13.1. The molecule has 1 unspecified atom stereocenters. The normalized spacial score (nSPS) is 11.9. The van der Waals surface area contributed by atoms with Crippen LogP contribution < -0.4 is 5.32 Å². The van der Waals surface area contributed by atoms with E-state index in [0.29, 0.717) is 0 Å². The number of nitrogens with one attached hydrogen (secondary N) is 1. The highest BCUT2D eigenvalue weighted by molar-refractivity contribution is 5.73. The van der Waals surface area contributed by atoms with Gasteiger partial charge in [-0.05, 0) is 12.5 Å². The number of hydrogen-bond acceptors (Lipinski definition) is 3. The van der Waals surface area contributed by atoms with Crippen LogP contribution in [-0.4, -0.2) is 10.8 Å². The molecule has 1 rings (SSSR count). The number of carbonyl (C=O) groups is 1. The Kier molecular flexibility index (Phi) is 3.38. The maximum atomic E-state index is 10.8. The van der Waals surface area contributed by atoms with E-state index >= 15 is 0 Å². The third-order valence-electron chi connectivity index (χ3n) is 2.02. The smallest absolute Gasteiger partial charge is 0.269 e. The van der Waals surface area contributed by atoms with Crippen LogP contribution in [0.15, 0.2) is 24.3 Å². The van der Waals surface area contributed by atoms with E-state index < -0.39 is 4.92 Å². The number of hydrogen-bond donors (Lipinski definition) is 1. The highest BCUT2D eigenvalue weighted by Gasteiger charge is 2.09. The van der Waals surface area contributed by atoms with Gasteiger partial charge in [0.1, 0.15) is 0 Å². The number of non-ortho nitro benzene ring substituents is 1. The van der Waals surface area contributed by atoms with E-state index in [0.717, 1.165) is 5.56 Å². The standard InChI is InChI=1S/C10H12N2O3/c1-7(11-8(2)13)9-3-5-10(6-4-9)12(14)15/h3-7H,1-2H3,(H,11,13). The zero-order valence-electron chi connectivity index (χ0n) is 8.56. The number of benzene rings is 1. The molecule has 0 saturated heterocycles. The van der Waals surface area contributed by atoms with Crippen LogP contribution in [0.2, 0.25) is 0 Å². The van der Waals surface area contributed by atoms with Crippen LogP contribution in [0.4, 0.5) is 5.69 Å². The summed E-state index contributed by atoms with van der Waals surface area (Å²) in [5.74, 6) is -0.124. The van der Waals surface area contributed by atoms with Crippen LogP contribution in [-0.2, 0) is 4.79 Å². The summed E-state index contributed by atoms with van der Waals surface area (Å²) < 4.78 is 0. The van der Waals surface area contributed by atoms with Gasteiger partial charge in [-0.1, -0.05) is 12.1 Å². The van der Waals surface area contributed by atoms with Crippen molar-refractivity contribution >= 4 is 11.6 Å². The molecule has 0 aliphatic carbocycles. The molecule has 0 aliphatic rings. The average Bonchev–Trinajstić information content (AvgIpc) is 2.17. The summed E-state index contributed by atoms with van der Waals surface area (Å²) in [4.78, 5) is 20.7. The topological polar surface area (TPSA) is 72.2 Å². The van der Waals surface area contributed by atoms with Crippen LogP contribution in [0.1, 0.15) is 25.5 Å². The van der Waals surface area contributed by atoms with Gasteiger partial charge in [0.05, 0.1) is 11.0 Å². The van der Waals surface area contributed by atoms with Gasteiger partial charge in [-0.3, -0.25) is 14.9 Å². The fourth-order valence-electron chi connectivity index (χ4n) is 1.27. The lowest BCUT2D eigenvalue weighted by Gasteiger charge is -2.12. The van der Waals surface area contributed by atoms with Crippen molar-refractivity contribution in [1.29, 1.82) is 0 Å². The fraction of sp³-hybridized carbons (Fsp3) is 0.300. The van der Waals surface area contributed by atoms with Gasteiger partial charge < -0.3 is 5.32 Å². The van der Waals surface area contributed by atoms with Gasteiger partial charge in [0.2, 0.25) is 5.91 Å². The number of amides is 1. The zero-order chi connectivity index (χ0) is 11.4. The molecule has 15 heavy (non-hydrogen) atoms. The Bertz CT molecular complexity index is 373. The molecule has 80 valence electrons. The predicted molar refractivity (Wildman–Crippen MR) is 55.3 cm³/mol. The van der Waals surface area contributed by atoms with E-state index in [-0.39, 0.29) is 17.6 Å². The summed E-state index contributed by atoms with van der Waals surface area (Å²) in [6.45, 7) is 3.25. The molecular weight excluding hydrogens is 196 g/mol. The SMILES string of the molecule is CC(=O)NC(C)c1ccc([N+](=O)[O-])cc1. The van der Waals surface area contributed by atoms with Crippen molar-refractivity contribution in [3.8, 4) is 0 Å². The first-order valence-corrected chi connectivity index (χ1v) is 4.52. The minimum atomic E-state index is -0.452. The summed E-state index contributed by atoms with van der Waals surface area (Å²) >= 11 is 0. The first kappa shape index (κ1) is 11.2. The number of carbonyl (C=O) groups excluding carboxylic acids is 1. The number of nitrogens with zero attached hydrogens (tertiary/aromatic N) is 1. The van der Waals surface area contributed by atoms with Crippen molar-refractivity contribution in [2.75, 3.05) is 0 Å². The molecule has 0 heterocycles. The van der Waals surface area contributed by atoms with Crippen molar-refractivity contribution < 1.29 is 9.72 Å². The highest BCUT2D eigenvalue weighted by atomic mass is 16.6. The number of rotatable bonds is 3. The minimum absolute atomic E-state index is 0.0498. The molecule has 1 aromatic carbocycles. The van der Waals surface area contributed by atoms with Gasteiger partial charge in [-0.15, -0.1) is 0 Å². The van der Waals surface area contributed by atoms with Gasteiger partial charge in [-0.25, -0.2) is 0 Å². The van der Waals surface area contributed by atoms with Crippen molar-refractivity contribution in [3.05, 3.63) is 39.9 Å². The maximum Gasteiger partial charge on any atom is 0.269 e. The quantitative estimate of drug-likeness (QED) is 0.608. The van der Waals surface area contributed by atoms with Gasteiger partial charge in [0, 0.05) is 19.1 Å². The Hall–Kier alpha value is -1.91. The average molecular weight is 208 g/mol. The van der Waals surface area contributed by atoms with Crippen molar-refractivity contribution in [1.82, 2.24) is 5.32 Å². The van der Waals surface area contributed by atoms with Gasteiger partial charge >= 0.3 is 0 Å². The van der Waals surface area contributed by atoms with E-state index in [9.17, 15) is 14.9 Å². The first-order chi connectivity index (χ1) is 7.00. The molecule has 0 fully saturated rings. The molecule has 1 amide bonds. The molecule has 5 heteroatoms. The molecule has 1 atom stereocenters. The molecule has 0 aliphatic heterocycles. The zero-order valence-corrected chi connectivity index (χ0v) is 8.56. The Balaban J connectivity index is 2.79. The lowest BCUT2D eigenvalue weighted by molar-refractivity contribution is -0.384. The van der Waals surface area contributed by atoms with Crippen molar-refractivity contribution in [3.63, 3.8) is 0 Å². The molecule has 5 nitrogen and oxygen atoms in total. The van der Waals surface area contributed by atoms with Gasteiger partial charge in [-0.2, -0.15) is 0 Å². The van der Waals surface area contributed by atoms with E-state index in [1.54, 1.807) is 12.1 Å². The third-order valence-corrected chi connectivity index (χ3v) is 2.02. The molecule has 1 N–H and O–H groups in total. The lowest BCUT2D eigenvalue weighted by Crippen LogP contribution is -2.23. The second kappa shape index (κ2) is 4.54. The van der Waals surface area contributed by atoms with E-state index in [2.05, 4.69) is 5.32 Å². The molecule has 1 aromatic rings. The monoisotopic (exact) mass is 208 g/mol. The van der Waals surface area contributed by atoms with E-state index in [4.69, 9.17) is 0 Å². The van der Waals surface area contributed by atoms with E-state index in [1.807, 2.05) is 6.92 Å². The summed E-state index contributed by atoms with van der Waals surface area (Å²) in [6.07, 6.45) is 0. The van der Waals surface area contributed by atoms with Crippen LogP contribution >= 0.6 is 0 Å². The summed E-state index contributed by atoms with van der Waals surface area (Å²) in [7, 11) is 0. The summed E-state index contributed by atoms with van der Waals surface area (Å²) in [5.41, 5.74) is 0.893. The van der Waals surface area contributed by atoms with Crippen LogP contribution in [0.3, 0.4) is 0 Å². The molecule has 0 aromatic heterocycles. The molecular formula is C10H12N2O3. The Morgan fingerprint density at radius 2 is 1.93 bits per heavy atom. The summed E-state index contributed by atoms with van der Waals surface area (Å²) in [6, 6.07) is 5.99. The lowest BCUT2D eigenvalue weighted by atomic mass is 10.1. The molecule has 0 bridgehead atoms. The Morgan fingerprint density at radius 1 is 1.40 bits per heavy atom. The second-order valence-corrected chi connectivity index (χ2v) is 3.27. The Labute approximate surface area is 87.3 Å². The molecule has 0 spiro atoms. The van der Waals surface area contributed by atoms with Crippen LogP contribution in [0.25, 0.3) is 0 Å². The Morgan fingerprint density at radius 3 is 2.33 bits per heavy atom. The van der Waals surface area contributed by atoms with Crippen LogP contribution in [0.5, 0.6) is 0 Å². The minimum Gasteiger partial charge on any atom is -0.350 e. The molecule has 0 saturated carbocycles. The van der Waals surface area contributed by atoms with Crippen molar-refractivity contribution in [2.24, 2.45) is 0 Å². The predicted octanol–water partition coefficient (Wildman–Crippen LogP) is 1.79. The van der Waals surface area contributed by atoms with Crippen LogP contribution in [0, 0.1) is 10.1 Å². The highest BCUT2D eigenvalue weighted by Crippen LogP contribution is 2.17. The van der Waals surface area contributed by atoms with Gasteiger partial charge in [0.25, 0.3) is 5.69 Å². The molecule has 0 radical (unpaired) electrons. The fourth-order valence-corrected chi connectivity index (χ4v) is 1.27. The largest absolute Gasteiger partial charge is 0.350 e. The van der Waals surface area contributed by atoms with E-state index in [1.165, 1.54) is 19.1 Å². The second-order valence-electron chi connectivity index (χ2n) is 3.27.